The summed E-state index contributed by atoms with van der Waals surface area (Å²) in [6, 6.07) is 24.8. The first-order valence-electron chi connectivity index (χ1n) is 20.6. The first kappa shape index (κ1) is 47.2. The standard InChI is InChI=1S/C30H33ClN2O4.C19H22N2O4/c1-30(2,29(35)36)24-15-21(14-23(18-24)22-9-11-32-12-10-22)17-28(34)27(33-19-26-4-3-13-37-26)16-20-5-7-25(31)8-6-20;1-18(2,3)25-17(22)19(4,5)15-10-14(11-16(12-15)21(23)24)13-6-8-20-9-7-13/h5-12,14-15,18,26-27,33H,3-4,13,16-17,19H2,1-2H3,(H,35,36);6-12H,1-5H3/t26-,27-;/m0./s1. The van der Waals surface area contributed by atoms with Crippen LogP contribution in [-0.4, -0.2) is 68.6 Å². The average Bonchev–Trinajstić information content (AvgIpc) is 3.77. The van der Waals surface area contributed by atoms with E-state index < -0.39 is 39.3 Å². The third-order valence-corrected chi connectivity index (χ3v) is 11.0. The van der Waals surface area contributed by atoms with E-state index in [2.05, 4.69) is 15.3 Å². The number of nitro benzene ring substituents is 1. The number of nitrogens with zero attached hydrogens (tertiary/aromatic N) is 3. The minimum Gasteiger partial charge on any atom is -0.481 e. The highest BCUT2D eigenvalue weighted by atomic mass is 35.5. The molecule has 0 unspecified atom stereocenters. The monoisotopic (exact) mass is 862 g/mol. The van der Waals surface area contributed by atoms with Crippen molar-refractivity contribution in [2.24, 2.45) is 0 Å². The van der Waals surface area contributed by atoms with E-state index in [4.69, 9.17) is 21.1 Å². The number of hydrogen-bond donors (Lipinski definition) is 2. The van der Waals surface area contributed by atoms with Gasteiger partial charge in [0.2, 0.25) is 0 Å². The molecule has 2 atom stereocenters. The molecule has 3 aromatic carbocycles. The number of hydrogen-bond acceptors (Lipinski definition) is 10. The number of pyridine rings is 2. The van der Waals surface area contributed by atoms with Gasteiger partial charge in [0, 0.05) is 61.5 Å². The third kappa shape index (κ3) is 12.9. The Kier molecular flexibility index (Phi) is 15.5. The molecule has 2 N–H and O–H groups in total. The molecule has 1 fully saturated rings. The van der Waals surface area contributed by atoms with Crippen molar-refractivity contribution in [1.29, 1.82) is 0 Å². The van der Waals surface area contributed by atoms with Gasteiger partial charge in [0.1, 0.15) is 5.60 Å². The first-order valence-corrected chi connectivity index (χ1v) is 20.9. The first-order chi connectivity index (χ1) is 29.2. The van der Waals surface area contributed by atoms with E-state index in [1.165, 1.54) is 12.1 Å². The number of ketones is 1. The van der Waals surface area contributed by atoms with Gasteiger partial charge in [0.25, 0.3) is 5.69 Å². The molecule has 12 nitrogen and oxygen atoms in total. The number of carbonyl (C=O) groups is 3. The zero-order valence-electron chi connectivity index (χ0n) is 36.3. The van der Waals surface area contributed by atoms with Crippen LogP contribution in [0.1, 0.15) is 83.6 Å². The van der Waals surface area contributed by atoms with E-state index in [0.717, 1.165) is 47.3 Å². The summed E-state index contributed by atoms with van der Waals surface area (Å²) in [6.07, 6.45) is 9.47. The van der Waals surface area contributed by atoms with Crippen molar-refractivity contribution in [2.75, 3.05) is 13.2 Å². The lowest BCUT2D eigenvalue weighted by Gasteiger charge is -2.29. The van der Waals surface area contributed by atoms with Crippen LogP contribution in [0.2, 0.25) is 5.02 Å². The van der Waals surface area contributed by atoms with E-state index in [1.54, 1.807) is 91.5 Å². The number of aromatic nitrogens is 2. The molecule has 1 aliphatic rings. The van der Waals surface area contributed by atoms with E-state index >= 15 is 0 Å². The number of rotatable bonds is 15. The fourth-order valence-corrected chi connectivity index (χ4v) is 6.99. The summed E-state index contributed by atoms with van der Waals surface area (Å²) < 4.78 is 11.2. The molecule has 5 aromatic rings. The second-order valence-electron chi connectivity index (χ2n) is 17.5. The Morgan fingerprint density at radius 1 is 0.806 bits per heavy atom. The number of non-ortho nitro benzene ring substituents is 1. The SMILES string of the molecule is CC(C)(C(=O)O)c1cc(CC(=O)[C@H](Cc2ccc(Cl)cc2)NC[C@@H]2CCCO2)cc(-c2ccncc2)c1.CC(C)(C)OC(=O)C(C)(C)c1cc(-c2ccncc2)cc([N+](=O)[O-])c1. The minimum absolute atomic E-state index is 0.0407. The number of Topliss-reactive ketones (excluding diaryl/α,β-unsaturated/α-hetero) is 1. The van der Waals surface area contributed by atoms with Gasteiger partial charge in [0.15, 0.2) is 5.78 Å². The highest BCUT2D eigenvalue weighted by Crippen LogP contribution is 2.34. The Balaban J connectivity index is 0.000000253. The van der Waals surface area contributed by atoms with Crippen molar-refractivity contribution >= 4 is 35.0 Å². The summed E-state index contributed by atoms with van der Waals surface area (Å²) in [7, 11) is 0. The van der Waals surface area contributed by atoms with Gasteiger partial charge in [-0.2, -0.15) is 0 Å². The number of nitrogens with one attached hydrogen (secondary N) is 1. The van der Waals surface area contributed by atoms with Gasteiger partial charge < -0.3 is 19.9 Å². The highest BCUT2D eigenvalue weighted by Gasteiger charge is 2.36. The Hall–Kier alpha value is -5.82. The van der Waals surface area contributed by atoms with Gasteiger partial charge in [-0.15, -0.1) is 0 Å². The number of carboxylic acids is 1. The second kappa shape index (κ2) is 20.4. The fraction of sp³-hybridized carbons (Fsp3) is 0.367. The van der Waals surface area contributed by atoms with Crippen LogP contribution in [0, 0.1) is 10.1 Å². The Labute approximate surface area is 368 Å². The highest BCUT2D eigenvalue weighted by molar-refractivity contribution is 6.30. The van der Waals surface area contributed by atoms with Crippen molar-refractivity contribution in [3.8, 4) is 22.3 Å². The summed E-state index contributed by atoms with van der Waals surface area (Å²) in [5, 5.41) is 25.3. The maximum Gasteiger partial charge on any atom is 0.316 e. The Bertz CT molecular complexity index is 2340. The molecule has 1 saturated heterocycles. The van der Waals surface area contributed by atoms with E-state index in [1.807, 2.05) is 54.6 Å². The fourth-order valence-electron chi connectivity index (χ4n) is 6.86. The van der Waals surface area contributed by atoms with Crippen molar-refractivity contribution in [2.45, 2.75) is 103 Å². The molecule has 3 heterocycles. The maximum atomic E-state index is 13.7. The maximum absolute atomic E-state index is 13.7. The van der Waals surface area contributed by atoms with Crippen molar-refractivity contribution in [3.63, 3.8) is 0 Å². The van der Waals surface area contributed by atoms with Crippen LogP contribution < -0.4 is 5.32 Å². The molecule has 0 spiro atoms. The van der Waals surface area contributed by atoms with E-state index in [-0.39, 0.29) is 24.0 Å². The zero-order valence-corrected chi connectivity index (χ0v) is 37.1. The molecular formula is C49H55ClN4O8. The number of esters is 1. The molecule has 13 heteroatoms. The lowest BCUT2D eigenvalue weighted by Crippen LogP contribution is -2.43. The average molecular weight is 863 g/mol. The van der Waals surface area contributed by atoms with Crippen molar-refractivity contribution < 1.29 is 33.9 Å². The Morgan fingerprint density at radius 3 is 1.89 bits per heavy atom. The predicted molar refractivity (Wildman–Crippen MR) is 240 cm³/mol. The quantitative estimate of drug-likeness (QED) is 0.0584. The number of aliphatic carboxylic acids is 1. The van der Waals surface area contributed by atoms with Crippen LogP contribution in [0.4, 0.5) is 5.69 Å². The largest absolute Gasteiger partial charge is 0.481 e. The summed E-state index contributed by atoms with van der Waals surface area (Å²) in [4.78, 5) is 57.3. The summed E-state index contributed by atoms with van der Waals surface area (Å²) >= 11 is 6.06. The summed E-state index contributed by atoms with van der Waals surface area (Å²) in [6.45, 7) is 13.5. The molecule has 6 rings (SSSR count). The van der Waals surface area contributed by atoms with Gasteiger partial charge in [-0.25, -0.2) is 0 Å². The van der Waals surface area contributed by atoms with Crippen molar-refractivity contribution in [3.05, 3.63) is 147 Å². The van der Waals surface area contributed by atoms with Gasteiger partial charge in [-0.1, -0.05) is 41.9 Å². The number of carbonyl (C=O) groups excluding carboxylic acids is 2. The molecule has 0 bridgehead atoms. The number of benzene rings is 3. The molecule has 0 saturated carbocycles. The van der Waals surface area contributed by atoms with Crippen LogP contribution in [0.25, 0.3) is 22.3 Å². The van der Waals surface area contributed by atoms with Gasteiger partial charge in [-0.05, 0) is 155 Å². The number of nitro groups is 1. The molecular weight excluding hydrogens is 808 g/mol. The normalized spacial score (nSPS) is 14.6. The van der Waals surface area contributed by atoms with Gasteiger partial charge in [-0.3, -0.25) is 34.5 Å². The number of carboxylic acid groups (broad SMARTS) is 1. The van der Waals surface area contributed by atoms with Crippen LogP contribution >= 0.6 is 11.6 Å². The number of ether oxygens (including phenoxy) is 2. The summed E-state index contributed by atoms with van der Waals surface area (Å²) in [5.41, 5.74) is 3.36. The lowest BCUT2D eigenvalue weighted by atomic mass is 9.81. The molecule has 1 aliphatic heterocycles. The van der Waals surface area contributed by atoms with Gasteiger partial charge >= 0.3 is 11.9 Å². The second-order valence-corrected chi connectivity index (χ2v) is 18.0. The molecule has 2 aromatic heterocycles. The molecule has 0 amide bonds. The van der Waals surface area contributed by atoms with Crippen molar-refractivity contribution in [1.82, 2.24) is 15.3 Å². The molecule has 62 heavy (non-hydrogen) atoms. The van der Waals surface area contributed by atoms with Crippen LogP contribution in [0.3, 0.4) is 0 Å². The predicted octanol–water partition coefficient (Wildman–Crippen LogP) is 9.53. The van der Waals surface area contributed by atoms with Gasteiger partial charge in [0.05, 0.1) is 27.9 Å². The van der Waals surface area contributed by atoms with Crippen LogP contribution in [0.5, 0.6) is 0 Å². The van der Waals surface area contributed by atoms with E-state index in [0.29, 0.717) is 34.7 Å². The smallest absolute Gasteiger partial charge is 0.316 e. The van der Waals surface area contributed by atoms with Crippen LogP contribution in [0.15, 0.2) is 110 Å². The third-order valence-electron chi connectivity index (χ3n) is 10.8. The lowest BCUT2D eigenvalue weighted by molar-refractivity contribution is -0.384. The molecule has 0 aliphatic carbocycles. The summed E-state index contributed by atoms with van der Waals surface area (Å²) in [5.74, 6) is -1.31. The minimum atomic E-state index is -1.11. The topological polar surface area (TPSA) is 171 Å². The number of halogens is 1. The molecule has 0 radical (unpaired) electrons. The molecule has 326 valence electrons. The van der Waals surface area contributed by atoms with E-state index in [9.17, 15) is 29.6 Å². The zero-order chi connectivity index (χ0) is 45.2. The Morgan fingerprint density at radius 2 is 1.37 bits per heavy atom. The van der Waals surface area contributed by atoms with Crippen LogP contribution in [-0.2, 0) is 47.5 Å².